The van der Waals surface area contributed by atoms with Gasteiger partial charge in [-0.05, 0) is 36.9 Å². The number of Topliss-reactive ketones (excluding diaryl/α,β-unsaturated/α-hetero) is 1. The minimum Gasteiger partial charge on any atom is -0.304 e. The van der Waals surface area contributed by atoms with E-state index in [1.165, 1.54) is 5.56 Å². The molecule has 0 unspecified atom stereocenters. The van der Waals surface area contributed by atoms with Gasteiger partial charge in [-0.15, -0.1) is 0 Å². The summed E-state index contributed by atoms with van der Waals surface area (Å²) in [5.41, 5.74) is 5.30. The van der Waals surface area contributed by atoms with Crippen molar-refractivity contribution in [2.24, 2.45) is 7.05 Å². The first-order chi connectivity index (χ1) is 16.0. The van der Waals surface area contributed by atoms with Gasteiger partial charge in [0, 0.05) is 68.7 Å². The number of likely N-dealkylation sites (N-methyl/N-ethyl adjacent to an activating group) is 1. The Morgan fingerprint density at radius 3 is 2.64 bits per heavy atom. The first-order valence-corrected chi connectivity index (χ1v) is 11.3. The van der Waals surface area contributed by atoms with Crippen LogP contribution in [0.2, 0.25) is 0 Å². The van der Waals surface area contributed by atoms with E-state index in [2.05, 4.69) is 33.0 Å². The fourth-order valence-electron chi connectivity index (χ4n) is 4.24. The first-order valence-electron chi connectivity index (χ1n) is 11.3. The van der Waals surface area contributed by atoms with Gasteiger partial charge in [0.25, 0.3) is 0 Å². The van der Waals surface area contributed by atoms with Gasteiger partial charge in [-0.25, -0.2) is 4.98 Å². The number of piperazine rings is 1. The summed E-state index contributed by atoms with van der Waals surface area (Å²) in [6.07, 6.45) is 5.79. The molecular weight excluding hydrogens is 412 g/mol. The van der Waals surface area contributed by atoms with Gasteiger partial charge < -0.3 is 4.90 Å². The Morgan fingerprint density at radius 1 is 1.00 bits per heavy atom. The molecule has 0 radical (unpaired) electrons. The second kappa shape index (κ2) is 9.21. The van der Waals surface area contributed by atoms with Gasteiger partial charge in [-0.3, -0.25) is 19.4 Å². The standard InChI is InChI=1S/C26H28N6O/c1-30-8-10-32(11-9-30)17-19-4-3-5-20(12-19)26(33)14-23-13-25-21(15-27-23)6-7-24(29-25)22-16-28-31(2)18-22/h3-7,12-13,15-16,18H,8-11,14,17H2,1-2H3. The van der Waals surface area contributed by atoms with Gasteiger partial charge in [0.1, 0.15) is 0 Å². The zero-order valence-electron chi connectivity index (χ0n) is 19.1. The van der Waals surface area contributed by atoms with Crippen LogP contribution in [0.4, 0.5) is 0 Å². The third-order valence-electron chi connectivity index (χ3n) is 6.22. The number of carbonyl (C=O) groups excluding carboxylic acids is 1. The van der Waals surface area contributed by atoms with Crippen molar-refractivity contribution in [3.8, 4) is 11.3 Å². The molecule has 4 heterocycles. The molecule has 7 nitrogen and oxygen atoms in total. The zero-order chi connectivity index (χ0) is 22.8. The quantitative estimate of drug-likeness (QED) is 0.429. The lowest BCUT2D eigenvalue weighted by Crippen LogP contribution is -2.43. The molecule has 0 amide bonds. The Kier molecular flexibility index (Phi) is 5.98. The van der Waals surface area contributed by atoms with Crippen LogP contribution in [0.5, 0.6) is 0 Å². The molecule has 168 valence electrons. The lowest BCUT2D eigenvalue weighted by atomic mass is 10.0. The molecule has 1 aromatic carbocycles. The van der Waals surface area contributed by atoms with Crippen molar-refractivity contribution in [1.29, 1.82) is 0 Å². The highest BCUT2D eigenvalue weighted by Crippen LogP contribution is 2.21. The molecule has 7 heteroatoms. The summed E-state index contributed by atoms with van der Waals surface area (Å²) in [5, 5.41) is 5.18. The molecular formula is C26H28N6O. The minimum atomic E-state index is 0.0745. The maximum absolute atomic E-state index is 13.0. The molecule has 0 saturated carbocycles. The normalized spacial score (nSPS) is 15.2. The van der Waals surface area contributed by atoms with Crippen molar-refractivity contribution in [1.82, 2.24) is 29.5 Å². The van der Waals surface area contributed by atoms with E-state index in [9.17, 15) is 4.79 Å². The first kappa shape index (κ1) is 21.4. The van der Waals surface area contributed by atoms with E-state index < -0.39 is 0 Å². The lowest BCUT2D eigenvalue weighted by molar-refractivity contribution is 0.0991. The Balaban J connectivity index is 1.31. The van der Waals surface area contributed by atoms with Crippen LogP contribution < -0.4 is 0 Å². The van der Waals surface area contributed by atoms with E-state index in [4.69, 9.17) is 4.98 Å². The van der Waals surface area contributed by atoms with Crippen molar-refractivity contribution in [3.63, 3.8) is 0 Å². The molecule has 0 aliphatic carbocycles. The summed E-state index contributed by atoms with van der Waals surface area (Å²) >= 11 is 0. The molecule has 0 atom stereocenters. The van der Waals surface area contributed by atoms with E-state index in [0.29, 0.717) is 0 Å². The molecule has 0 spiro atoms. The van der Waals surface area contributed by atoms with Crippen LogP contribution in [0.3, 0.4) is 0 Å². The van der Waals surface area contributed by atoms with Crippen LogP contribution in [0.25, 0.3) is 22.2 Å². The van der Waals surface area contributed by atoms with E-state index in [-0.39, 0.29) is 12.2 Å². The van der Waals surface area contributed by atoms with Gasteiger partial charge >= 0.3 is 0 Å². The highest BCUT2D eigenvalue weighted by atomic mass is 16.1. The van der Waals surface area contributed by atoms with Gasteiger partial charge in [0.15, 0.2) is 5.78 Å². The molecule has 4 aromatic rings. The summed E-state index contributed by atoms with van der Waals surface area (Å²) in [6, 6.07) is 13.9. The summed E-state index contributed by atoms with van der Waals surface area (Å²) in [4.78, 5) is 27.1. The smallest absolute Gasteiger partial charge is 0.168 e. The maximum atomic E-state index is 13.0. The second-order valence-electron chi connectivity index (χ2n) is 8.85. The van der Waals surface area contributed by atoms with Crippen molar-refractivity contribution >= 4 is 16.7 Å². The van der Waals surface area contributed by atoms with Crippen molar-refractivity contribution < 1.29 is 4.79 Å². The Bertz CT molecular complexity index is 1290. The van der Waals surface area contributed by atoms with Crippen LogP contribution in [0.15, 0.2) is 61.1 Å². The number of rotatable bonds is 6. The number of benzene rings is 1. The highest BCUT2D eigenvalue weighted by Gasteiger charge is 2.15. The van der Waals surface area contributed by atoms with Gasteiger partial charge in [0.2, 0.25) is 0 Å². The number of pyridine rings is 2. The zero-order valence-corrected chi connectivity index (χ0v) is 19.1. The van der Waals surface area contributed by atoms with Gasteiger partial charge in [-0.1, -0.05) is 18.2 Å². The van der Waals surface area contributed by atoms with Crippen molar-refractivity contribution in [3.05, 3.63) is 77.9 Å². The fourth-order valence-corrected chi connectivity index (χ4v) is 4.24. The predicted octanol–water partition coefficient (Wildman–Crippen LogP) is 3.20. The number of hydrogen-bond acceptors (Lipinski definition) is 6. The number of aromatic nitrogens is 4. The number of fused-ring (bicyclic) bond motifs is 1. The highest BCUT2D eigenvalue weighted by molar-refractivity contribution is 5.97. The number of ketones is 1. The Labute approximate surface area is 193 Å². The SMILES string of the molecule is CN1CCN(Cc2cccc(C(=O)Cc3cc4nc(-c5cnn(C)c5)ccc4cn3)c2)CC1. The molecule has 33 heavy (non-hydrogen) atoms. The second-order valence-corrected chi connectivity index (χ2v) is 8.85. The maximum Gasteiger partial charge on any atom is 0.168 e. The molecule has 1 saturated heterocycles. The third kappa shape index (κ3) is 4.99. The van der Waals surface area contributed by atoms with Crippen molar-refractivity contribution in [2.45, 2.75) is 13.0 Å². The predicted molar refractivity (Wildman–Crippen MR) is 129 cm³/mol. The number of aryl methyl sites for hydroxylation is 1. The monoisotopic (exact) mass is 440 g/mol. The Hall–Kier alpha value is -3.42. The summed E-state index contributed by atoms with van der Waals surface area (Å²) in [7, 11) is 4.05. The summed E-state index contributed by atoms with van der Waals surface area (Å²) in [5.74, 6) is 0.0745. The molecule has 0 N–H and O–H groups in total. The largest absolute Gasteiger partial charge is 0.304 e. The topological polar surface area (TPSA) is 67.2 Å². The molecule has 3 aromatic heterocycles. The van der Waals surface area contributed by atoms with Crippen LogP contribution in [-0.4, -0.2) is 68.6 Å². The third-order valence-corrected chi connectivity index (χ3v) is 6.22. The van der Waals surface area contributed by atoms with E-state index in [1.54, 1.807) is 17.1 Å². The lowest BCUT2D eigenvalue weighted by Gasteiger charge is -2.32. The van der Waals surface area contributed by atoms with E-state index >= 15 is 0 Å². The van der Waals surface area contributed by atoms with Crippen LogP contribution >= 0.6 is 0 Å². The average molecular weight is 441 g/mol. The number of nitrogens with zero attached hydrogens (tertiary/aromatic N) is 6. The molecule has 1 aliphatic heterocycles. The summed E-state index contributed by atoms with van der Waals surface area (Å²) in [6.45, 7) is 5.17. The van der Waals surface area contributed by atoms with Crippen LogP contribution in [0, 0.1) is 0 Å². The van der Waals surface area contributed by atoms with Gasteiger partial charge in [0.05, 0.1) is 29.5 Å². The van der Waals surface area contributed by atoms with Crippen molar-refractivity contribution in [2.75, 3.05) is 33.2 Å². The van der Waals surface area contributed by atoms with E-state index in [0.717, 1.165) is 66.1 Å². The molecule has 5 rings (SSSR count). The number of carbonyl (C=O) groups is 1. The van der Waals surface area contributed by atoms with Gasteiger partial charge in [-0.2, -0.15) is 5.10 Å². The van der Waals surface area contributed by atoms with Crippen LogP contribution in [-0.2, 0) is 20.0 Å². The molecule has 1 aliphatic rings. The number of hydrogen-bond donors (Lipinski definition) is 0. The molecule has 0 bridgehead atoms. The van der Waals surface area contributed by atoms with E-state index in [1.807, 2.05) is 49.6 Å². The average Bonchev–Trinajstić information content (AvgIpc) is 3.26. The Morgan fingerprint density at radius 2 is 1.85 bits per heavy atom. The summed E-state index contributed by atoms with van der Waals surface area (Å²) < 4.78 is 1.76. The minimum absolute atomic E-state index is 0.0745. The fraction of sp³-hybridized carbons (Fsp3) is 0.308. The molecule has 1 fully saturated rings. The van der Waals surface area contributed by atoms with Crippen LogP contribution in [0.1, 0.15) is 21.6 Å².